The van der Waals surface area contributed by atoms with Crippen molar-refractivity contribution in [3.8, 4) is 0 Å². The number of hydrogen-bond donors (Lipinski definition) is 3. The van der Waals surface area contributed by atoms with Gasteiger partial charge < -0.3 is 58.9 Å². The monoisotopic (exact) mass is 976 g/mol. The quantitative estimate of drug-likeness (QED) is 0.169. The first-order chi connectivity index (χ1) is 48.5. The Labute approximate surface area is 456 Å². The number of nitrogens with one attached hydrogen (secondary N) is 3. The first-order valence-electron chi connectivity index (χ1n) is 38.9. The number of fused-ring (bicyclic) bond motifs is 3. The van der Waals surface area contributed by atoms with E-state index in [0.717, 1.165) is 6.92 Å². The molecule has 0 unspecified atom stereocenters. The predicted octanol–water partition coefficient (Wildman–Crippen LogP) is 4.65. The van der Waals surface area contributed by atoms with Crippen LogP contribution in [0.3, 0.4) is 0 Å². The Morgan fingerprint density at radius 1 is 0.638 bits per heavy atom. The lowest BCUT2D eigenvalue weighted by molar-refractivity contribution is -0.131. The van der Waals surface area contributed by atoms with Crippen LogP contribution in [0.25, 0.3) is 47.6 Å². The van der Waals surface area contributed by atoms with Gasteiger partial charge in [-0.2, -0.15) is 0 Å². The molecule has 360 valence electrons. The molecule has 3 saturated heterocycles. The van der Waals surface area contributed by atoms with E-state index in [4.69, 9.17) is 71.8 Å². The Morgan fingerprint density at radius 3 is 1.46 bits per heavy atom. The van der Waals surface area contributed by atoms with Crippen LogP contribution in [0.1, 0.15) is 93.2 Å². The summed E-state index contributed by atoms with van der Waals surface area (Å²) in [4.78, 5) is 76.1. The molecule has 0 radical (unpaired) electrons. The molecule has 9 heterocycles. The Bertz CT molecular complexity index is 4600. The highest BCUT2D eigenvalue weighted by Gasteiger charge is 2.36. The maximum atomic E-state index is 12.8. The highest BCUT2D eigenvalue weighted by molar-refractivity contribution is 5.89. The van der Waals surface area contributed by atoms with Crippen molar-refractivity contribution in [3.05, 3.63) is 90.0 Å². The van der Waals surface area contributed by atoms with Crippen LogP contribution < -0.4 is 14.7 Å². The third kappa shape index (κ3) is 11.0. The number of piperidine rings is 3. The summed E-state index contributed by atoms with van der Waals surface area (Å²) in [6.45, 7) is -22.0. The van der Waals surface area contributed by atoms with Crippen molar-refractivity contribution in [2.45, 2.75) is 57.8 Å². The van der Waals surface area contributed by atoms with Gasteiger partial charge in [0, 0.05) is 117 Å². The molecule has 3 aliphatic rings. The Morgan fingerprint density at radius 2 is 1.04 bits per heavy atom. The number of amides is 3. The number of anilines is 3. The van der Waals surface area contributed by atoms with E-state index in [1.165, 1.54) is 36.8 Å². The van der Waals surface area contributed by atoms with Gasteiger partial charge in [0.15, 0.2) is 0 Å². The molecule has 3 amide bonds. The van der Waals surface area contributed by atoms with Gasteiger partial charge in [-0.3, -0.25) is 14.4 Å². The number of hydrogen-bond acceptors (Lipinski definition) is 12. The van der Waals surface area contributed by atoms with Gasteiger partial charge >= 0.3 is 17.7 Å². The number of likely N-dealkylation sites (N-methyl/N-ethyl adjacent to an activating group) is 3. The Hall–Kier alpha value is -7.86. The summed E-state index contributed by atoms with van der Waals surface area (Å²) in [5.74, 6) is -15.9. The summed E-state index contributed by atoms with van der Waals surface area (Å²) in [6, 6.07) is -6.27. The van der Waals surface area contributed by atoms with Crippen molar-refractivity contribution in [1.29, 1.82) is 0 Å². The van der Waals surface area contributed by atoms with Crippen molar-refractivity contribution >= 4 is 68.3 Å². The highest BCUT2D eigenvalue weighted by Crippen LogP contribution is 2.31. The van der Waals surface area contributed by atoms with Gasteiger partial charge in [-0.25, -0.2) is 49.6 Å². The van der Waals surface area contributed by atoms with Crippen LogP contribution in [0.4, 0.5) is 17.5 Å². The average molecular weight is 976 g/mol. The lowest BCUT2D eigenvalue weighted by Gasteiger charge is -2.41. The Balaban J connectivity index is 0.000000226. The van der Waals surface area contributed by atoms with Crippen molar-refractivity contribution in [2.75, 3.05) is 94.2 Å². The second-order valence-electron chi connectivity index (χ2n) is 13.7. The molecule has 21 heteroatoms. The highest BCUT2D eigenvalue weighted by atomic mass is 16.2. The Kier molecular flexibility index (Phi) is 6.34. The minimum Gasteiger partial charge on any atom is -0.354 e. The SMILES string of the molecule is [2H]c1nc(N(C([2H])([2H])[2H])[C@]2([2H])[C@H](C([2H])([2H])[2H])C([2H])([2H])C([2H])([2H])N(C(=O)C[N+]#[C-])C2([2H])[2H])c2cc[nH]c2n1.[2H]c1nc(N(C([2H])([2H])[2H])[C@]2([2H])[C@H](C)C([2H])([2H])C([2H])([2H])N(C(=O)C[N+]#[C-])C2([2H])[2H])c2cc[nH]c2n1.[2H]c1nc(N([C@H]2C([2H])([2H])N(C(=O)C[N+]#[C-])C([2H])([2H])C([2H])([2H])[C@@]2([2H])C([2H])([2H])[2H])C([2H])([2H])[2H])c2cc[nH]c2n1. The van der Waals surface area contributed by atoms with E-state index in [-0.39, 0.29) is 57.6 Å². The molecule has 0 aromatic carbocycles. The van der Waals surface area contributed by atoms with E-state index in [1.54, 1.807) is 0 Å². The van der Waals surface area contributed by atoms with Crippen LogP contribution in [0, 0.1) is 37.4 Å². The number of aromatic amines is 3. The van der Waals surface area contributed by atoms with E-state index >= 15 is 0 Å². The molecule has 6 atom stereocenters. The standard InChI is InChI=1S/3C16H20N6O/c3*1-11-5-7-22(14(23)8-17-2)9-13(11)21(3)16-12-4-6-18-15(12)19-10-20-16/h3*4,6,10-11,13H,5,7-9H2,1,3H3,(H,18,19,20)/t3*11-,13+/m111/s1/i1D3,3D3,5D2,7D2,9D2,10D,13D;1D3,3D3,5D2,7D2,9D2,10D,11D;3D3,5D2,7D2,9D2,10D,13D. The molecule has 3 aliphatic heterocycles. The lowest BCUT2D eigenvalue weighted by Crippen LogP contribution is -2.53. The average Bonchev–Trinajstić information content (AvgIpc) is 0.949. The van der Waals surface area contributed by atoms with Crippen LogP contribution in [0.15, 0.2) is 55.7 Å². The topological polar surface area (TPSA) is 208 Å². The first kappa shape index (κ1) is 19.6. The van der Waals surface area contributed by atoms with Gasteiger partial charge in [-0.1, -0.05) is 20.6 Å². The predicted molar refractivity (Wildman–Crippen MR) is 264 cm³/mol. The first-order valence-corrected chi connectivity index (χ1v) is 19.4. The second-order valence-corrected chi connectivity index (χ2v) is 13.7. The van der Waals surface area contributed by atoms with E-state index in [0.29, 0.717) is 0 Å². The molecule has 9 rings (SSSR count). The lowest BCUT2D eigenvalue weighted by atomic mass is 9.92. The fraction of sp³-hybridized carbons (Fsp3) is 0.500. The van der Waals surface area contributed by atoms with Crippen LogP contribution in [0.5, 0.6) is 0 Å². The number of rotatable bonds is 9. The van der Waals surface area contributed by atoms with Crippen molar-refractivity contribution < 1.29 is 67.8 Å². The van der Waals surface area contributed by atoms with E-state index in [1.807, 2.05) is 0 Å². The minimum absolute atomic E-state index is 0.00356. The molecule has 0 bridgehead atoms. The zero-order valence-electron chi connectivity index (χ0n) is 74.3. The third-order valence-corrected chi connectivity index (χ3v) is 9.31. The fourth-order valence-electron chi connectivity index (χ4n) is 6.01. The van der Waals surface area contributed by atoms with E-state index < -0.39 is 207 Å². The second kappa shape index (κ2) is 22.3. The molecular weight excluding hydrogens is 877 g/mol. The maximum Gasteiger partial charge on any atom is 0.302 e. The normalized spacial score (nSPS) is 40.2. The molecule has 69 heavy (non-hydrogen) atoms. The van der Waals surface area contributed by atoms with Gasteiger partial charge in [0.2, 0.25) is 0 Å². The number of aromatic nitrogens is 9. The molecule has 0 saturated carbocycles. The van der Waals surface area contributed by atoms with Crippen LogP contribution in [-0.4, -0.2) is 175 Å². The zero-order chi connectivity index (χ0) is 83.2. The summed E-state index contributed by atoms with van der Waals surface area (Å²) < 4.78 is 324. The summed E-state index contributed by atoms with van der Waals surface area (Å²) in [5.41, 5.74) is -0.269. The number of carbonyl (C=O) groups is 3. The third-order valence-electron chi connectivity index (χ3n) is 9.31. The number of carbonyl (C=O) groups excluding carboxylic acids is 3. The molecule has 3 fully saturated rings. The van der Waals surface area contributed by atoms with Gasteiger partial charge in [0.1, 0.15) is 57.4 Å². The largest absolute Gasteiger partial charge is 0.354 e. The van der Waals surface area contributed by atoms with Crippen molar-refractivity contribution in [1.82, 2.24) is 59.6 Å². The summed E-state index contributed by atoms with van der Waals surface area (Å²) in [7, 11) is 0. The number of H-pyrrole nitrogens is 3. The fourth-order valence-corrected chi connectivity index (χ4v) is 6.01. The maximum absolute atomic E-state index is 12.8. The molecule has 0 aliphatic carbocycles. The van der Waals surface area contributed by atoms with E-state index in [9.17, 15) is 15.8 Å². The van der Waals surface area contributed by atoms with Gasteiger partial charge in [0.25, 0.3) is 19.6 Å². The molecule has 6 aromatic heterocycles. The zero-order valence-corrected chi connectivity index (χ0v) is 35.3. The number of nitrogens with zero attached hydrogens (tertiary/aromatic N) is 15. The molecular formula is C48H60N18O3. The summed E-state index contributed by atoms with van der Waals surface area (Å²) in [5, 5.41) is -0.383. The van der Waals surface area contributed by atoms with Crippen molar-refractivity contribution in [3.63, 3.8) is 0 Å². The van der Waals surface area contributed by atoms with E-state index in [2.05, 4.69) is 59.4 Å². The van der Waals surface area contributed by atoms with Crippen LogP contribution in [0.2, 0.25) is 0 Å². The van der Waals surface area contributed by atoms with Gasteiger partial charge in [-0.15, -0.1) is 0 Å². The van der Waals surface area contributed by atoms with Gasteiger partial charge in [0.05, 0.1) is 45.2 Å². The molecule has 3 N–H and O–H groups in total. The minimum atomic E-state index is -3.95. The van der Waals surface area contributed by atoms with Gasteiger partial charge in [-0.05, 0) is 55.0 Å². The van der Waals surface area contributed by atoms with Crippen LogP contribution in [-0.2, 0) is 14.4 Å². The summed E-state index contributed by atoms with van der Waals surface area (Å²) in [6.07, 6.45) is -9.31. The number of likely N-dealkylation sites (tertiary alicyclic amines) is 3. The molecule has 0 spiro atoms. The van der Waals surface area contributed by atoms with Crippen molar-refractivity contribution in [2.24, 2.45) is 17.7 Å². The van der Waals surface area contributed by atoms with Crippen LogP contribution >= 0.6 is 0 Å². The summed E-state index contributed by atoms with van der Waals surface area (Å²) >= 11 is 0. The molecule has 6 aromatic rings. The smallest absolute Gasteiger partial charge is 0.302 e. The molecule has 21 nitrogen and oxygen atoms in total.